The summed E-state index contributed by atoms with van der Waals surface area (Å²) in [6.45, 7) is 1.93. The van der Waals surface area contributed by atoms with Crippen LogP contribution in [0, 0.1) is 6.92 Å². The van der Waals surface area contributed by atoms with Crippen molar-refractivity contribution in [2.45, 2.75) is 6.92 Å². The maximum Gasteiger partial charge on any atom is 0.295 e. The van der Waals surface area contributed by atoms with Crippen molar-refractivity contribution in [1.29, 1.82) is 0 Å². The number of benzene rings is 3. The zero-order valence-corrected chi connectivity index (χ0v) is 17.8. The van der Waals surface area contributed by atoms with Gasteiger partial charge in [0, 0.05) is 20.7 Å². The fourth-order valence-electron chi connectivity index (χ4n) is 2.88. The molecule has 144 valence electrons. The lowest BCUT2D eigenvalue weighted by atomic mass is 10.2. The van der Waals surface area contributed by atoms with Gasteiger partial charge in [-0.1, -0.05) is 57.9 Å². The molecule has 4 rings (SSSR count). The van der Waals surface area contributed by atoms with Gasteiger partial charge in [0.25, 0.3) is 5.91 Å². The van der Waals surface area contributed by atoms with Gasteiger partial charge in [-0.3, -0.25) is 4.79 Å². The summed E-state index contributed by atoms with van der Waals surface area (Å²) in [5, 5.41) is 7.94. The Morgan fingerprint density at radius 2 is 1.79 bits per heavy atom. The first-order valence-electron chi connectivity index (χ1n) is 8.87. The van der Waals surface area contributed by atoms with Gasteiger partial charge in [0.05, 0.1) is 5.69 Å². The van der Waals surface area contributed by atoms with Crippen LogP contribution in [0.5, 0.6) is 0 Å². The number of aryl methyl sites for hydroxylation is 1. The number of amides is 1. The molecule has 1 amide bonds. The van der Waals surface area contributed by atoms with Crippen molar-refractivity contribution in [1.82, 2.24) is 14.8 Å². The fourth-order valence-corrected chi connectivity index (χ4v) is 3.33. The smallest absolute Gasteiger partial charge is 0.295 e. The van der Waals surface area contributed by atoms with E-state index in [9.17, 15) is 4.79 Å². The zero-order valence-electron chi connectivity index (χ0n) is 15.4. The first kappa shape index (κ1) is 19.4. The molecular weight excluding hydrogens is 452 g/mol. The molecule has 29 heavy (non-hydrogen) atoms. The minimum Gasteiger partial charge on any atom is -0.319 e. The van der Waals surface area contributed by atoms with Crippen LogP contribution in [0.15, 0.2) is 77.3 Å². The normalized spacial score (nSPS) is 10.7. The summed E-state index contributed by atoms with van der Waals surface area (Å²) in [7, 11) is 0. The number of hydrogen-bond acceptors (Lipinski definition) is 3. The maximum absolute atomic E-state index is 12.8. The third-order valence-electron chi connectivity index (χ3n) is 4.36. The third kappa shape index (κ3) is 4.23. The molecule has 7 heteroatoms. The van der Waals surface area contributed by atoms with E-state index in [4.69, 9.17) is 11.6 Å². The lowest BCUT2D eigenvalue weighted by molar-refractivity contribution is 0.101. The Morgan fingerprint density at radius 3 is 2.52 bits per heavy atom. The summed E-state index contributed by atoms with van der Waals surface area (Å²) < 4.78 is 2.59. The lowest BCUT2D eigenvalue weighted by Crippen LogP contribution is -2.15. The molecule has 3 aromatic carbocycles. The van der Waals surface area contributed by atoms with Crippen LogP contribution < -0.4 is 5.32 Å². The largest absolute Gasteiger partial charge is 0.319 e. The Bertz CT molecular complexity index is 1190. The first-order valence-corrected chi connectivity index (χ1v) is 10.0. The average molecular weight is 468 g/mol. The number of hydrogen-bond donors (Lipinski definition) is 1. The molecule has 0 saturated carbocycles. The van der Waals surface area contributed by atoms with Gasteiger partial charge >= 0.3 is 0 Å². The fraction of sp³-hybridized carbons (Fsp3) is 0.0455. The van der Waals surface area contributed by atoms with Crippen LogP contribution in [0.3, 0.4) is 0 Å². The van der Waals surface area contributed by atoms with Crippen LogP contribution in [-0.2, 0) is 0 Å². The summed E-state index contributed by atoms with van der Waals surface area (Å²) >= 11 is 9.60. The number of carbonyl (C=O) groups is 1. The number of nitrogens with zero attached hydrogens (tertiary/aromatic N) is 3. The van der Waals surface area contributed by atoms with E-state index >= 15 is 0 Å². The Labute approximate surface area is 181 Å². The molecule has 0 aliphatic carbocycles. The highest BCUT2D eigenvalue weighted by atomic mass is 79.9. The average Bonchev–Trinajstić information content (AvgIpc) is 3.16. The van der Waals surface area contributed by atoms with Crippen LogP contribution in [-0.4, -0.2) is 20.7 Å². The highest BCUT2D eigenvalue weighted by Crippen LogP contribution is 2.25. The molecule has 1 heterocycles. The number of nitrogens with one attached hydrogen (secondary N) is 1. The molecule has 0 fully saturated rings. The van der Waals surface area contributed by atoms with Crippen LogP contribution in [0.25, 0.3) is 17.1 Å². The van der Waals surface area contributed by atoms with Crippen molar-refractivity contribution >= 4 is 39.1 Å². The van der Waals surface area contributed by atoms with Crippen molar-refractivity contribution in [3.63, 3.8) is 0 Å². The van der Waals surface area contributed by atoms with Crippen molar-refractivity contribution in [3.8, 4) is 17.1 Å². The zero-order chi connectivity index (χ0) is 20.4. The summed E-state index contributed by atoms with van der Waals surface area (Å²) in [6, 6.07) is 22.5. The topological polar surface area (TPSA) is 59.8 Å². The molecule has 0 aliphatic heterocycles. The van der Waals surface area contributed by atoms with E-state index in [2.05, 4.69) is 31.3 Å². The van der Waals surface area contributed by atoms with E-state index in [0.29, 0.717) is 10.8 Å². The second-order valence-electron chi connectivity index (χ2n) is 6.43. The molecule has 4 aromatic rings. The Morgan fingerprint density at radius 1 is 1.03 bits per heavy atom. The molecule has 0 bridgehead atoms. The quantitative estimate of drug-likeness (QED) is 0.406. The maximum atomic E-state index is 12.8. The molecule has 0 radical (unpaired) electrons. The highest BCUT2D eigenvalue weighted by Gasteiger charge is 2.19. The van der Waals surface area contributed by atoms with Crippen molar-refractivity contribution in [2.75, 3.05) is 5.32 Å². The van der Waals surface area contributed by atoms with Crippen LogP contribution in [0.1, 0.15) is 16.2 Å². The van der Waals surface area contributed by atoms with Gasteiger partial charge in [0.2, 0.25) is 5.82 Å². The van der Waals surface area contributed by atoms with Gasteiger partial charge in [0.15, 0.2) is 5.82 Å². The number of carbonyl (C=O) groups excluding carboxylic acids is 1. The summed E-state index contributed by atoms with van der Waals surface area (Å²) in [4.78, 5) is 17.3. The number of halogens is 2. The molecule has 0 saturated heterocycles. The van der Waals surface area contributed by atoms with Crippen LogP contribution >= 0.6 is 27.5 Å². The van der Waals surface area contributed by atoms with Crippen LogP contribution in [0.4, 0.5) is 5.69 Å². The van der Waals surface area contributed by atoms with E-state index in [0.717, 1.165) is 27.0 Å². The van der Waals surface area contributed by atoms with E-state index in [1.807, 2.05) is 67.6 Å². The lowest BCUT2D eigenvalue weighted by Gasteiger charge is -2.06. The number of rotatable bonds is 4. The molecule has 5 nitrogen and oxygen atoms in total. The van der Waals surface area contributed by atoms with Crippen LogP contribution in [0.2, 0.25) is 5.02 Å². The molecule has 0 atom stereocenters. The van der Waals surface area contributed by atoms with Crippen molar-refractivity contribution in [3.05, 3.63) is 93.7 Å². The molecular formula is C22H16BrClN4O. The minimum absolute atomic E-state index is 0.0751. The standard InChI is InChI=1S/C22H16BrClN4O/c1-14-5-2-3-8-19(14)25-22(29)20-26-21(15-6-4-7-17(24)13-15)28(27-20)18-11-9-16(23)10-12-18/h2-13H,1H3,(H,25,29). The number of anilines is 1. The van der Waals surface area contributed by atoms with Gasteiger partial charge in [-0.05, 0) is 55.0 Å². The Kier molecular flexibility index (Phi) is 5.47. The molecule has 0 spiro atoms. The van der Waals surface area contributed by atoms with Crippen molar-refractivity contribution in [2.24, 2.45) is 0 Å². The van der Waals surface area contributed by atoms with Crippen molar-refractivity contribution < 1.29 is 4.79 Å². The van der Waals surface area contributed by atoms with Gasteiger partial charge < -0.3 is 5.32 Å². The first-order chi connectivity index (χ1) is 14.0. The number of aromatic nitrogens is 3. The molecule has 1 aromatic heterocycles. The van der Waals surface area contributed by atoms with E-state index < -0.39 is 0 Å². The van der Waals surface area contributed by atoms with E-state index in [1.54, 1.807) is 16.8 Å². The van der Waals surface area contributed by atoms with Gasteiger partial charge in [0.1, 0.15) is 0 Å². The molecule has 0 unspecified atom stereocenters. The third-order valence-corrected chi connectivity index (χ3v) is 5.12. The second-order valence-corrected chi connectivity index (χ2v) is 7.78. The monoisotopic (exact) mass is 466 g/mol. The van der Waals surface area contributed by atoms with Gasteiger partial charge in [-0.25, -0.2) is 9.67 Å². The summed E-state index contributed by atoms with van der Waals surface area (Å²) in [5.41, 5.74) is 3.23. The Hall–Kier alpha value is -2.96. The summed E-state index contributed by atoms with van der Waals surface area (Å²) in [6.07, 6.45) is 0. The highest BCUT2D eigenvalue weighted by molar-refractivity contribution is 9.10. The minimum atomic E-state index is -0.376. The predicted octanol–water partition coefficient (Wildman–Crippen LogP) is 5.91. The molecule has 1 N–H and O–H groups in total. The summed E-state index contributed by atoms with van der Waals surface area (Å²) in [5.74, 6) is 0.231. The second kappa shape index (κ2) is 8.19. The Balaban J connectivity index is 1.78. The van der Waals surface area contributed by atoms with Gasteiger partial charge in [-0.2, -0.15) is 0 Å². The van der Waals surface area contributed by atoms with E-state index in [1.165, 1.54) is 0 Å². The molecule has 0 aliphatic rings. The predicted molar refractivity (Wildman–Crippen MR) is 119 cm³/mol. The van der Waals surface area contributed by atoms with Gasteiger partial charge in [-0.15, -0.1) is 5.10 Å². The van der Waals surface area contributed by atoms with E-state index in [-0.39, 0.29) is 11.7 Å². The SMILES string of the molecule is Cc1ccccc1NC(=O)c1nc(-c2cccc(Cl)c2)n(-c2ccc(Br)cc2)n1. The number of para-hydroxylation sites is 1.